The van der Waals surface area contributed by atoms with Crippen molar-refractivity contribution in [2.45, 2.75) is 229 Å². The number of urea groups is 1. The number of hydrogen-bond donors (Lipinski definition) is 7. The number of primary amides is 1. The molecular formula is C80H121N11O24P+. The van der Waals surface area contributed by atoms with Crippen molar-refractivity contribution in [2.24, 2.45) is 47.2 Å². The maximum absolute atomic E-state index is 15.7. The number of imide groups is 1. The Balaban J connectivity index is 0.0000348. The standard InChI is InChI=1S/C79H116N11O24P.CH4/c1-20-56(92)40-57(66(43(4)5)114-115(107)110-41-53-28-30-55(31-29-53)84-71(98)54(27-24-33-81-79(80)106)39-58(93)62(42(2)3)85-60(94)32-35-109-36-34-90-61(95)37-46(10)72(90)99)76(103)112-67(44(6)7)63-75(102)89(18)65(50(14)108-19)78(105)113-68(45(8)9)64(83-51(15)91)77(104)111-59(38-52-25-22-21-23-26-52)74(101)88(17)48(12)69(96)82-47(11)73(100)87(16)49(13)70(97)86-63;/h21-23,25-26,28-31,42-47,49-50,54,57,59,62-68H,12,20,24,27,32-41H2,1-11,13-19H3,(H7-,80,81,82,83,84,85,86,91,94,96,97,98,106);1H4/p+1/t46?,47-,49-,50+,54+,57-,59+,62-,63-,64-,65-,66+,67+,68+;/m0./s1. The van der Waals surface area contributed by atoms with Crippen LogP contribution in [-0.4, -0.2) is 236 Å². The van der Waals surface area contributed by atoms with Gasteiger partial charge in [0.2, 0.25) is 47.3 Å². The molecule has 2 fully saturated rings. The molecule has 0 saturated carbocycles. The lowest BCUT2D eigenvalue weighted by molar-refractivity contribution is -0.177. The minimum absolute atomic E-state index is 0. The first-order valence-corrected chi connectivity index (χ1v) is 39.6. The molecule has 2 aliphatic rings. The summed E-state index contributed by atoms with van der Waals surface area (Å²) in [4.78, 5) is 225. The number of ketones is 2. The van der Waals surface area contributed by atoms with Gasteiger partial charge in [-0.15, -0.1) is 9.05 Å². The van der Waals surface area contributed by atoms with Crippen LogP contribution in [0.1, 0.15) is 160 Å². The van der Waals surface area contributed by atoms with E-state index < -0.39 is 211 Å². The second-order valence-corrected chi connectivity index (χ2v) is 31.1. The molecule has 2 heterocycles. The zero-order valence-electron chi connectivity index (χ0n) is 69.1. The fraction of sp³-hybridized carbons (Fsp3) is 0.625. The second-order valence-electron chi connectivity index (χ2n) is 30.2. The number of ether oxygens (including phenoxy) is 5. The van der Waals surface area contributed by atoms with E-state index in [0.717, 1.165) is 33.6 Å². The van der Waals surface area contributed by atoms with Crippen LogP contribution in [0.2, 0.25) is 0 Å². The predicted octanol–water partition coefficient (Wildman–Crippen LogP) is 4.91. The smallest absolute Gasteiger partial charge is 0.459 e. The molecule has 2 saturated heterocycles. The van der Waals surface area contributed by atoms with Gasteiger partial charge in [-0.25, -0.2) is 14.4 Å². The molecule has 8 N–H and O–H groups in total. The molecule has 2 aliphatic heterocycles. The molecule has 0 aliphatic carbocycles. The van der Waals surface area contributed by atoms with Crippen molar-refractivity contribution in [1.82, 2.24) is 46.2 Å². The molecule has 0 spiro atoms. The number of carbonyl (C=O) groups excluding carboxylic acids is 16. The number of rotatable bonds is 37. The van der Waals surface area contributed by atoms with Gasteiger partial charge in [0.1, 0.15) is 54.5 Å². The Morgan fingerprint density at radius 3 is 1.95 bits per heavy atom. The van der Waals surface area contributed by atoms with Crippen LogP contribution >= 0.6 is 8.25 Å². The first kappa shape index (κ1) is 100. The number of amides is 12. The first-order chi connectivity index (χ1) is 54.0. The SMILES string of the molecule is C.C=C1C(=O)N[C@@H](C)C(=O)N(C)[C@@H](C)C(=O)N[C@@H]([C@H](OC(=O)[C@@H](CC(=O)CC)[C@H](O[P+](=O)OCc2ccc(NC(=O)[C@H](CCCNC(N)=O)CC(=O)[C@@H](NC(=O)CCOCCN3C(=O)CC(C)C3=O)C(C)C)cc2)C(C)C)C(C)C)C(=O)N(C)[C@@H]([C@@H](C)OC)C(=O)O[C@H](C(C)C)[C@H](NC(C)=O)C(=O)O[C@H](Cc2ccccc2)C(=O)N1C. The Hall–Kier alpha value is -9.96. The summed E-state index contributed by atoms with van der Waals surface area (Å²) >= 11 is 0. The summed E-state index contributed by atoms with van der Waals surface area (Å²) in [5.74, 6) is -18.1. The lowest BCUT2D eigenvalue weighted by Gasteiger charge is -2.39. The van der Waals surface area contributed by atoms with Crippen molar-refractivity contribution in [3.8, 4) is 0 Å². The summed E-state index contributed by atoms with van der Waals surface area (Å²) in [6.45, 7) is 24.5. The third kappa shape index (κ3) is 30.0. The summed E-state index contributed by atoms with van der Waals surface area (Å²) < 4.78 is 55.3. The number of esters is 3. The highest BCUT2D eigenvalue weighted by Crippen LogP contribution is 2.36. The van der Waals surface area contributed by atoms with Gasteiger partial charge in [-0.3, -0.25) is 67.2 Å². The number of nitrogens with one attached hydrogen (secondary N) is 6. The van der Waals surface area contributed by atoms with Crippen molar-refractivity contribution in [1.29, 1.82) is 0 Å². The number of likely N-dealkylation sites (N-methyl/N-ethyl adjacent to an activating group) is 3. The Morgan fingerprint density at radius 2 is 1.40 bits per heavy atom. The fourth-order valence-electron chi connectivity index (χ4n) is 12.7. The van der Waals surface area contributed by atoms with Crippen LogP contribution in [0.5, 0.6) is 0 Å². The normalized spacial score (nSPS) is 21.6. The zero-order chi connectivity index (χ0) is 86.6. The van der Waals surface area contributed by atoms with Gasteiger partial charge in [-0.1, -0.05) is 126 Å². The van der Waals surface area contributed by atoms with Crippen LogP contribution in [0.15, 0.2) is 66.9 Å². The monoisotopic (exact) mass is 1650 g/mol. The van der Waals surface area contributed by atoms with Gasteiger partial charge in [-0.05, 0) is 80.5 Å². The van der Waals surface area contributed by atoms with E-state index in [1.165, 1.54) is 87.0 Å². The van der Waals surface area contributed by atoms with Gasteiger partial charge in [-0.2, -0.15) is 0 Å². The van der Waals surface area contributed by atoms with Crippen molar-refractivity contribution in [3.63, 3.8) is 0 Å². The van der Waals surface area contributed by atoms with E-state index in [2.05, 4.69) is 38.5 Å². The van der Waals surface area contributed by atoms with Crippen LogP contribution in [0.25, 0.3) is 0 Å². The average molecular weight is 1650 g/mol. The highest BCUT2D eigenvalue weighted by molar-refractivity contribution is 7.33. The number of benzene rings is 2. The number of carbonyl (C=O) groups is 16. The minimum atomic E-state index is -3.16. The Labute approximate surface area is 680 Å². The third-order valence-electron chi connectivity index (χ3n) is 19.8. The molecule has 2 aromatic rings. The highest BCUT2D eigenvalue weighted by atomic mass is 31.1. The molecule has 36 heteroatoms. The van der Waals surface area contributed by atoms with E-state index in [9.17, 15) is 66.9 Å². The largest absolute Gasteiger partial charge is 0.698 e. The molecule has 35 nitrogen and oxygen atoms in total. The van der Waals surface area contributed by atoms with Gasteiger partial charge < -0.3 is 76.0 Å². The summed E-state index contributed by atoms with van der Waals surface area (Å²) in [6, 6.07) is 3.99. The quantitative estimate of drug-likeness (QED) is 0.0118. The van der Waals surface area contributed by atoms with E-state index in [1.54, 1.807) is 78.8 Å². The molecule has 2 aromatic carbocycles. The van der Waals surface area contributed by atoms with Gasteiger partial charge in [0.05, 0.1) is 37.8 Å². The van der Waals surface area contributed by atoms with Gasteiger partial charge >= 0.3 is 32.2 Å². The molecule has 15 atom stereocenters. The first-order valence-electron chi connectivity index (χ1n) is 38.5. The van der Waals surface area contributed by atoms with Crippen molar-refractivity contribution in [2.75, 3.05) is 59.9 Å². The van der Waals surface area contributed by atoms with Gasteiger partial charge in [0.25, 0.3) is 11.8 Å². The summed E-state index contributed by atoms with van der Waals surface area (Å²) in [5.41, 5.74) is 5.92. The summed E-state index contributed by atoms with van der Waals surface area (Å²) in [5, 5.41) is 15.6. The summed E-state index contributed by atoms with van der Waals surface area (Å²) in [7, 11) is 1.60. The van der Waals surface area contributed by atoms with Crippen LogP contribution in [0.3, 0.4) is 0 Å². The van der Waals surface area contributed by atoms with E-state index in [1.807, 2.05) is 0 Å². The number of likely N-dealkylation sites (tertiary alicyclic amines) is 1. The van der Waals surface area contributed by atoms with E-state index >= 15 is 14.4 Å². The van der Waals surface area contributed by atoms with Crippen molar-refractivity contribution < 1.29 is 114 Å². The number of cyclic esters (lactones) is 2. The molecule has 0 aromatic heterocycles. The lowest BCUT2D eigenvalue weighted by Crippen LogP contribution is -2.63. The molecule has 4 rings (SSSR count). The maximum Gasteiger partial charge on any atom is 0.698 e. The van der Waals surface area contributed by atoms with Crippen LogP contribution in [0, 0.1) is 41.4 Å². The fourth-order valence-corrected chi connectivity index (χ4v) is 13.6. The van der Waals surface area contributed by atoms with Crippen LogP contribution in [0.4, 0.5) is 10.5 Å². The lowest BCUT2D eigenvalue weighted by atomic mass is 9.88. The van der Waals surface area contributed by atoms with Crippen molar-refractivity contribution >= 4 is 109 Å². The molecule has 2 unspecified atom stereocenters. The Bertz CT molecular complexity index is 3800. The third-order valence-corrected chi connectivity index (χ3v) is 20.6. The average Bonchev–Trinajstić information content (AvgIpc) is 1.05. The van der Waals surface area contributed by atoms with Gasteiger partial charge in [0, 0.05) is 102 Å². The number of methoxy groups -OCH3 is 1. The number of hydrogen-bond acceptors (Lipinski definition) is 24. The number of Topliss-reactive ketones (excluding diaryl/α,β-unsaturated/α-hetero) is 2. The molecule has 12 amide bonds. The zero-order valence-corrected chi connectivity index (χ0v) is 70.0. The number of anilines is 1. The molecule has 0 radical (unpaired) electrons. The Kier molecular flexibility index (Phi) is 41.4. The predicted molar refractivity (Wildman–Crippen MR) is 424 cm³/mol. The number of nitrogens with two attached hydrogens (primary N) is 1. The van der Waals surface area contributed by atoms with E-state index in [0.29, 0.717) is 11.1 Å². The highest BCUT2D eigenvalue weighted by Gasteiger charge is 2.49. The molecule has 0 bridgehead atoms. The second kappa shape index (κ2) is 47.9. The van der Waals surface area contributed by atoms with Crippen LogP contribution < -0.4 is 37.6 Å². The molecule has 116 heavy (non-hydrogen) atoms. The summed E-state index contributed by atoms with van der Waals surface area (Å²) in [6.07, 6.45) is -8.76. The minimum Gasteiger partial charge on any atom is -0.459 e. The van der Waals surface area contributed by atoms with E-state index in [4.69, 9.17) is 38.5 Å². The van der Waals surface area contributed by atoms with Gasteiger partial charge in [0.15, 0.2) is 24.0 Å². The topological polar surface area (TPSA) is 466 Å². The molecular weight excluding hydrogens is 1530 g/mol. The van der Waals surface area contributed by atoms with Crippen molar-refractivity contribution in [3.05, 3.63) is 78.0 Å². The Morgan fingerprint density at radius 1 is 0.759 bits per heavy atom. The van der Waals surface area contributed by atoms with Crippen LogP contribution in [-0.2, 0) is 122 Å². The number of nitrogens with zero attached hydrogens (tertiary/aromatic N) is 4. The van der Waals surface area contributed by atoms with E-state index in [-0.39, 0.29) is 103 Å². The maximum atomic E-state index is 15.7. The molecule has 644 valence electrons.